The van der Waals surface area contributed by atoms with E-state index in [1.807, 2.05) is 30.5 Å². The number of fused-ring (bicyclic) bond motifs is 2. The van der Waals surface area contributed by atoms with Crippen molar-refractivity contribution in [1.29, 1.82) is 0 Å². The maximum atomic E-state index is 12.4. The number of nitrogens with zero attached hydrogens (tertiary/aromatic N) is 1. The molecule has 4 rings (SSSR count). The molecule has 0 aliphatic carbocycles. The molecule has 0 radical (unpaired) electrons. The largest absolute Gasteiger partial charge is 0.361 e. The quantitative estimate of drug-likeness (QED) is 0.563. The number of aromatic nitrogens is 2. The second-order valence-electron chi connectivity index (χ2n) is 6.01. The standard InChI is InChI=1S/C18H15N3O3S2/c1-26(23,24)12-6-7-15-16(9-12)25-18(20-15)21-17(22)8-11-10-19-14-5-3-2-4-13(11)14/h2-7,9-10,19H,8H2,1H3,(H,20,21,22). The molecule has 1 amide bonds. The number of rotatable bonds is 4. The zero-order valence-electron chi connectivity index (χ0n) is 13.8. The molecule has 0 saturated heterocycles. The first-order valence-corrected chi connectivity index (χ1v) is 10.6. The summed E-state index contributed by atoms with van der Waals surface area (Å²) in [4.78, 5) is 20.1. The van der Waals surface area contributed by atoms with E-state index in [2.05, 4.69) is 15.3 Å². The predicted octanol–water partition coefficient (Wildman–Crippen LogP) is 3.36. The summed E-state index contributed by atoms with van der Waals surface area (Å²) in [6.07, 6.45) is 3.23. The summed E-state index contributed by atoms with van der Waals surface area (Å²) in [6, 6.07) is 12.6. The van der Waals surface area contributed by atoms with Gasteiger partial charge in [-0.1, -0.05) is 29.5 Å². The summed E-state index contributed by atoms with van der Waals surface area (Å²) in [5, 5.41) is 4.27. The van der Waals surface area contributed by atoms with Crippen LogP contribution in [0.25, 0.3) is 21.1 Å². The second kappa shape index (κ2) is 6.22. The summed E-state index contributed by atoms with van der Waals surface area (Å²) < 4.78 is 24.0. The molecular formula is C18H15N3O3S2. The molecule has 0 bridgehead atoms. The minimum Gasteiger partial charge on any atom is -0.361 e. The van der Waals surface area contributed by atoms with Gasteiger partial charge in [-0.15, -0.1) is 0 Å². The van der Waals surface area contributed by atoms with Crippen LogP contribution < -0.4 is 5.32 Å². The summed E-state index contributed by atoms with van der Waals surface area (Å²) in [7, 11) is -3.28. The predicted molar refractivity (Wildman–Crippen MR) is 103 cm³/mol. The molecule has 6 nitrogen and oxygen atoms in total. The summed E-state index contributed by atoms with van der Waals surface area (Å²) in [6.45, 7) is 0. The fourth-order valence-electron chi connectivity index (χ4n) is 2.80. The van der Waals surface area contributed by atoms with E-state index in [1.165, 1.54) is 23.7 Å². The van der Waals surface area contributed by atoms with Crippen molar-refractivity contribution in [3.8, 4) is 0 Å². The molecule has 4 aromatic rings. The molecule has 0 aliphatic heterocycles. The topological polar surface area (TPSA) is 91.9 Å². The van der Waals surface area contributed by atoms with Crippen LogP contribution in [0.4, 0.5) is 5.13 Å². The number of thiazole rings is 1. The highest BCUT2D eigenvalue weighted by molar-refractivity contribution is 7.90. The van der Waals surface area contributed by atoms with E-state index >= 15 is 0 Å². The zero-order chi connectivity index (χ0) is 18.3. The number of amides is 1. The molecule has 0 aliphatic rings. The first-order valence-electron chi connectivity index (χ1n) is 7.86. The number of benzene rings is 2. The third-order valence-electron chi connectivity index (χ3n) is 4.06. The number of H-pyrrole nitrogens is 1. The Hall–Kier alpha value is -2.71. The van der Waals surface area contributed by atoms with E-state index < -0.39 is 9.84 Å². The van der Waals surface area contributed by atoms with Crippen molar-refractivity contribution < 1.29 is 13.2 Å². The minimum absolute atomic E-state index is 0.169. The Balaban J connectivity index is 1.56. The number of hydrogen-bond donors (Lipinski definition) is 2. The van der Waals surface area contributed by atoms with E-state index in [4.69, 9.17) is 0 Å². The first-order chi connectivity index (χ1) is 12.4. The number of nitrogens with one attached hydrogen (secondary N) is 2. The lowest BCUT2D eigenvalue weighted by atomic mass is 10.1. The van der Waals surface area contributed by atoms with Crippen LogP contribution in [0.5, 0.6) is 0 Å². The van der Waals surface area contributed by atoms with Crippen molar-refractivity contribution in [3.05, 3.63) is 54.2 Å². The van der Waals surface area contributed by atoms with E-state index in [0.29, 0.717) is 10.6 Å². The number of hydrogen-bond acceptors (Lipinski definition) is 5. The lowest BCUT2D eigenvalue weighted by Gasteiger charge is -2.00. The van der Waals surface area contributed by atoms with Gasteiger partial charge in [0, 0.05) is 23.4 Å². The van der Waals surface area contributed by atoms with Crippen molar-refractivity contribution in [2.24, 2.45) is 0 Å². The van der Waals surface area contributed by atoms with E-state index in [0.717, 1.165) is 21.2 Å². The van der Waals surface area contributed by atoms with E-state index in [1.54, 1.807) is 12.1 Å². The van der Waals surface area contributed by atoms with Gasteiger partial charge in [-0.25, -0.2) is 13.4 Å². The average Bonchev–Trinajstić information content (AvgIpc) is 3.17. The number of aromatic amines is 1. The maximum absolute atomic E-state index is 12.4. The Bertz CT molecular complexity index is 1240. The lowest BCUT2D eigenvalue weighted by molar-refractivity contribution is -0.115. The van der Waals surface area contributed by atoms with Crippen molar-refractivity contribution in [2.75, 3.05) is 11.6 Å². The van der Waals surface area contributed by atoms with Crippen LogP contribution in [0.15, 0.2) is 53.6 Å². The van der Waals surface area contributed by atoms with Gasteiger partial charge in [0.25, 0.3) is 0 Å². The Morgan fingerprint density at radius 2 is 2.04 bits per heavy atom. The highest BCUT2D eigenvalue weighted by atomic mass is 32.2. The summed E-state index contributed by atoms with van der Waals surface area (Å²) in [5.74, 6) is -0.169. The highest BCUT2D eigenvalue weighted by Crippen LogP contribution is 2.28. The third-order valence-corrected chi connectivity index (χ3v) is 6.10. The Labute approximate surface area is 153 Å². The van der Waals surface area contributed by atoms with Crippen molar-refractivity contribution in [1.82, 2.24) is 9.97 Å². The van der Waals surface area contributed by atoms with Crippen LogP contribution in [-0.4, -0.2) is 30.5 Å². The maximum Gasteiger partial charge on any atom is 0.230 e. The van der Waals surface area contributed by atoms with Gasteiger partial charge >= 0.3 is 0 Å². The van der Waals surface area contributed by atoms with Gasteiger partial charge in [-0.3, -0.25) is 4.79 Å². The molecule has 26 heavy (non-hydrogen) atoms. The SMILES string of the molecule is CS(=O)(=O)c1ccc2nc(NC(=O)Cc3c[nH]c4ccccc34)sc2c1. The number of carbonyl (C=O) groups is 1. The average molecular weight is 385 g/mol. The molecule has 0 unspecified atom stereocenters. The second-order valence-corrected chi connectivity index (χ2v) is 9.05. The smallest absolute Gasteiger partial charge is 0.230 e. The number of carbonyl (C=O) groups excluding carboxylic acids is 1. The Morgan fingerprint density at radius 1 is 1.23 bits per heavy atom. The first kappa shape index (κ1) is 16.7. The molecule has 2 heterocycles. The Kier molecular flexibility index (Phi) is 4.01. The minimum atomic E-state index is -3.28. The zero-order valence-corrected chi connectivity index (χ0v) is 15.4. The van der Waals surface area contributed by atoms with E-state index in [-0.39, 0.29) is 17.2 Å². The molecule has 2 aromatic heterocycles. The summed E-state index contributed by atoms with van der Waals surface area (Å²) in [5.41, 5.74) is 2.56. The van der Waals surface area contributed by atoms with Crippen LogP contribution in [0.3, 0.4) is 0 Å². The van der Waals surface area contributed by atoms with Gasteiger partial charge < -0.3 is 10.3 Å². The van der Waals surface area contributed by atoms with Crippen molar-refractivity contribution in [3.63, 3.8) is 0 Å². The highest BCUT2D eigenvalue weighted by Gasteiger charge is 2.13. The van der Waals surface area contributed by atoms with Crippen LogP contribution in [0.1, 0.15) is 5.56 Å². The summed E-state index contributed by atoms with van der Waals surface area (Å²) >= 11 is 1.26. The molecule has 0 atom stereocenters. The number of para-hydroxylation sites is 1. The molecule has 8 heteroatoms. The van der Waals surface area contributed by atoms with Gasteiger partial charge in [0.05, 0.1) is 21.5 Å². The van der Waals surface area contributed by atoms with Gasteiger partial charge in [-0.05, 0) is 29.8 Å². The van der Waals surface area contributed by atoms with E-state index in [9.17, 15) is 13.2 Å². The molecule has 2 N–H and O–H groups in total. The van der Waals surface area contributed by atoms with Gasteiger partial charge in [0.15, 0.2) is 15.0 Å². The van der Waals surface area contributed by atoms with Crippen molar-refractivity contribution >= 4 is 53.3 Å². The fraction of sp³-hybridized carbons (Fsp3) is 0.111. The van der Waals surface area contributed by atoms with Crippen molar-refractivity contribution in [2.45, 2.75) is 11.3 Å². The molecule has 0 spiro atoms. The van der Waals surface area contributed by atoms with Gasteiger partial charge in [0.1, 0.15) is 0 Å². The number of anilines is 1. The van der Waals surface area contributed by atoms with Crippen LogP contribution >= 0.6 is 11.3 Å². The van der Waals surface area contributed by atoms with Gasteiger partial charge in [-0.2, -0.15) is 0 Å². The molecular weight excluding hydrogens is 370 g/mol. The van der Waals surface area contributed by atoms with Gasteiger partial charge in [0.2, 0.25) is 5.91 Å². The fourth-order valence-corrected chi connectivity index (χ4v) is 4.45. The molecule has 0 fully saturated rings. The number of sulfone groups is 1. The third kappa shape index (κ3) is 3.21. The van der Waals surface area contributed by atoms with Crippen LogP contribution in [0, 0.1) is 0 Å². The molecule has 2 aromatic carbocycles. The Morgan fingerprint density at radius 3 is 2.85 bits per heavy atom. The molecule has 0 saturated carbocycles. The molecule has 132 valence electrons. The monoisotopic (exact) mass is 385 g/mol. The van der Waals surface area contributed by atoms with Crippen LogP contribution in [0.2, 0.25) is 0 Å². The van der Waals surface area contributed by atoms with Crippen LogP contribution in [-0.2, 0) is 21.1 Å². The lowest BCUT2D eigenvalue weighted by Crippen LogP contribution is -2.13. The normalized spacial score (nSPS) is 11.9.